The molecule has 3 aromatic rings. The van der Waals surface area contributed by atoms with Gasteiger partial charge in [-0.25, -0.2) is 15.0 Å². The standard InChI is InChI=1S/C21H20N6/c1-5-16-15(12-22-3)8-6-10-18(16)27-21-17(9-7-11-24-21)20-19(23-4)14(2)25-13-26-20/h5-13H,1,4H2,2-3H3,(H,24,27). The average molecular weight is 356 g/mol. The summed E-state index contributed by atoms with van der Waals surface area (Å²) >= 11 is 0. The number of pyridine rings is 1. The van der Waals surface area contributed by atoms with Crippen LogP contribution in [0.5, 0.6) is 0 Å². The van der Waals surface area contributed by atoms with Crippen molar-refractivity contribution in [1.29, 1.82) is 0 Å². The molecule has 0 radical (unpaired) electrons. The molecule has 0 aliphatic carbocycles. The fourth-order valence-corrected chi connectivity index (χ4v) is 2.85. The molecule has 2 aromatic heterocycles. The number of nitrogens with zero attached hydrogens (tertiary/aromatic N) is 5. The summed E-state index contributed by atoms with van der Waals surface area (Å²) < 4.78 is 0. The van der Waals surface area contributed by atoms with Gasteiger partial charge in [-0.05, 0) is 31.8 Å². The Bertz CT molecular complexity index is 1020. The third-order valence-electron chi connectivity index (χ3n) is 4.09. The van der Waals surface area contributed by atoms with Crippen LogP contribution in [0.2, 0.25) is 0 Å². The van der Waals surface area contributed by atoms with Gasteiger partial charge >= 0.3 is 0 Å². The molecule has 0 aliphatic rings. The number of nitrogens with one attached hydrogen (secondary N) is 1. The lowest BCUT2D eigenvalue weighted by Crippen LogP contribution is -2.01. The van der Waals surface area contributed by atoms with Crippen LogP contribution < -0.4 is 5.32 Å². The van der Waals surface area contributed by atoms with E-state index in [1.807, 2.05) is 37.3 Å². The summed E-state index contributed by atoms with van der Waals surface area (Å²) in [6.07, 6.45) is 6.85. The van der Waals surface area contributed by atoms with Gasteiger partial charge in [-0.15, -0.1) is 0 Å². The number of aryl methyl sites for hydroxylation is 1. The molecule has 1 aromatic carbocycles. The minimum absolute atomic E-state index is 0.643. The lowest BCUT2D eigenvalue weighted by atomic mass is 10.1. The molecule has 3 rings (SSSR count). The maximum Gasteiger partial charge on any atom is 0.139 e. The molecule has 0 aliphatic heterocycles. The van der Waals surface area contributed by atoms with Crippen molar-refractivity contribution in [3.8, 4) is 11.3 Å². The second kappa shape index (κ2) is 8.14. The maximum absolute atomic E-state index is 4.50. The van der Waals surface area contributed by atoms with Crippen LogP contribution >= 0.6 is 0 Å². The molecule has 0 spiro atoms. The van der Waals surface area contributed by atoms with Gasteiger partial charge in [0, 0.05) is 41.8 Å². The zero-order valence-electron chi connectivity index (χ0n) is 15.3. The first kappa shape index (κ1) is 18.1. The first-order valence-corrected chi connectivity index (χ1v) is 8.38. The fourth-order valence-electron chi connectivity index (χ4n) is 2.85. The second-order valence-electron chi connectivity index (χ2n) is 5.74. The number of benzene rings is 1. The highest BCUT2D eigenvalue weighted by Gasteiger charge is 2.15. The van der Waals surface area contributed by atoms with E-state index in [1.165, 1.54) is 6.33 Å². The van der Waals surface area contributed by atoms with Crippen molar-refractivity contribution in [1.82, 2.24) is 15.0 Å². The van der Waals surface area contributed by atoms with Crippen LogP contribution in [-0.2, 0) is 0 Å². The Morgan fingerprint density at radius 2 is 1.96 bits per heavy atom. The molecule has 0 atom stereocenters. The summed E-state index contributed by atoms with van der Waals surface area (Å²) in [6, 6.07) is 9.72. The SMILES string of the molecule is C=Cc1c(C=NC)cccc1Nc1ncccc1-c1ncnc(C)c1N=C. The molecule has 0 bridgehead atoms. The van der Waals surface area contributed by atoms with E-state index >= 15 is 0 Å². The lowest BCUT2D eigenvalue weighted by molar-refractivity contribution is 1.10. The number of hydrogen-bond donors (Lipinski definition) is 1. The van der Waals surface area contributed by atoms with Gasteiger partial charge in [-0.2, -0.15) is 0 Å². The largest absolute Gasteiger partial charge is 0.339 e. The van der Waals surface area contributed by atoms with Gasteiger partial charge in [-0.1, -0.05) is 24.8 Å². The van der Waals surface area contributed by atoms with Gasteiger partial charge in [-0.3, -0.25) is 9.98 Å². The van der Waals surface area contributed by atoms with Crippen molar-refractivity contribution < 1.29 is 0 Å². The number of hydrogen-bond acceptors (Lipinski definition) is 6. The van der Waals surface area contributed by atoms with E-state index in [9.17, 15) is 0 Å². The Hall–Kier alpha value is -3.67. The summed E-state index contributed by atoms with van der Waals surface area (Å²) in [5.74, 6) is 0.661. The second-order valence-corrected chi connectivity index (χ2v) is 5.74. The van der Waals surface area contributed by atoms with Crippen molar-refractivity contribution in [2.75, 3.05) is 12.4 Å². The first-order chi connectivity index (χ1) is 13.2. The molecule has 1 N–H and O–H groups in total. The predicted molar refractivity (Wildman–Crippen MR) is 113 cm³/mol. The Balaban J connectivity index is 2.12. The third-order valence-corrected chi connectivity index (χ3v) is 4.09. The van der Waals surface area contributed by atoms with Crippen molar-refractivity contribution in [3.63, 3.8) is 0 Å². The molecule has 0 unspecified atom stereocenters. The van der Waals surface area contributed by atoms with Crippen molar-refractivity contribution >= 4 is 36.2 Å². The molecule has 0 amide bonds. The van der Waals surface area contributed by atoms with Crippen LogP contribution in [0.3, 0.4) is 0 Å². The molecule has 0 saturated carbocycles. The molecule has 6 heteroatoms. The van der Waals surface area contributed by atoms with Crippen LogP contribution in [0.1, 0.15) is 16.8 Å². The Kier molecular flexibility index (Phi) is 5.47. The number of aromatic nitrogens is 3. The van der Waals surface area contributed by atoms with Crippen molar-refractivity contribution in [2.24, 2.45) is 9.98 Å². The summed E-state index contributed by atoms with van der Waals surface area (Å²) in [4.78, 5) is 21.3. The highest BCUT2D eigenvalue weighted by Crippen LogP contribution is 2.35. The fraction of sp³-hybridized carbons (Fsp3) is 0.0952. The minimum Gasteiger partial charge on any atom is -0.339 e. The summed E-state index contributed by atoms with van der Waals surface area (Å²) in [5.41, 5.74) is 5.69. The summed E-state index contributed by atoms with van der Waals surface area (Å²) in [6.45, 7) is 9.46. The molecule has 134 valence electrons. The first-order valence-electron chi connectivity index (χ1n) is 8.38. The smallest absolute Gasteiger partial charge is 0.139 e. The van der Waals surface area contributed by atoms with Gasteiger partial charge in [0.25, 0.3) is 0 Å². The van der Waals surface area contributed by atoms with Crippen molar-refractivity contribution in [3.05, 3.63) is 66.3 Å². The van der Waals surface area contributed by atoms with Gasteiger partial charge < -0.3 is 5.32 Å². The van der Waals surface area contributed by atoms with Crippen LogP contribution in [0.15, 0.2) is 59.4 Å². The highest BCUT2D eigenvalue weighted by atomic mass is 15.0. The van der Waals surface area contributed by atoms with E-state index in [0.29, 0.717) is 17.2 Å². The predicted octanol–water partition coefficient (Wildman–Crippen LogP) is 4.61. The molecule has 27 heavy (non-hydrogen) atoms. The van der Waals surface area contributed by atoms with Gasteiger partial charge in [0.1, 0.15) is 23.5 Å². The molecule has 0 saturated heterocycles. The third kappa shape index (κ3) is 3.64. The minimum atomic E-state index is 0.643. The van der Waals surface area contributed by atoms with E-state index in [0.717, 1.165) is 28.1 Å². The summed E-state index contributed by atoms with van der Waals surface area (Å²) in [5, 5.41) is 3.39. The van der Waals surface area contributed by atoms with E-state index in [-0.39, 0.29) is 0 Å². The van der Waals surface area contributed by atoms with Crippen molar-refractivity contribution in [2.45, 2.75) is 6.92 Å². The topological polar surface area (TPSA) is 75.4 Å². The Morgan fingerprint density at radius 3 is 2.70 bits per heavy atom. The molecule has 0 fully saturated rings. The van der Waals surface area contributed by atoms with Gasteiger partial charge in [0.05, 0.1) is 5.69 Å². The van der Waals surface area contributed by atoms with Gasteiger partial charge in [0.2, 0.25) is 0 Å². The number of rotatable bonds is 6. The van der Waals surface area contributed by atoms with Crippen LogP contribution in [-0.4, -0.2) is 34.9 Å². The zero-order valence-corrected chi connectivity index (χ0v) is 15.3. The Labute approximate surface area is 158 Å². The van der Waals surface area contributed by atoms with Crippen LogP contribution in [0.25, 0.3) is 17.3 Å². The number of aliphatic imine (C=N–C) groups is 2. The quantitative estimate of drug-likeness (QED) is 0.654. The van der Waals surface area contributed by atoms with E-state index in [2.05, 4.69) is 43.5 Å². The lowest BCUT2D eigenvalue weighted by Gasteiger charge is -2.15. The van der Waals surface area contributed by atoms with E-state index in [1.54, 1.807) is 25.5 Å². The normalized spacial score (nSPS) is 10.7. The van der Waals surface area contributed by atoms with Crippen LogP contribution in [0, 0.1) is 6.92 Å². The molecule has 6 nitrogen and oxygen atoms in total. The van der Waals surface area contributed by atoms with E-state index in [4.69, 9.17) is 0 Å². The molecular formula is C21H20N6. The highest BCUT2D eigenvalue weighted by molar-refractivity contribution is 5.91. The monoisotopic (exact) mass is 356 g/mol. The maximum atomic E-state index is 4.50. The van der Waals surface area contributed by atoms with Gasteiger partial charge in [0.15, 0.2) is 0 Å². The molecule has 2 heterocycles. The van der Waals surface area contributed by atoms with Crippen LogP contribution in [0.4, 0.5) is 17.2 Å². The average Bonchev–Trinajstić information content (AvgIpc) is 2.69. The number of anilines is 2. The summed E-state index contributed by atoms with van der Waals surface area (Å²) in [7, 11) is 1.74. The Morgan fingerprint density at radius 1 is 1.11 bits per heavy atom. The molecular weight excluding hydrogens is 336 g/mol. The zero-order chi connectivity index (χ0) is 19.2. The van der Waals surface area contributed by atoms with E-state index < -0.39 is 0 Å².